The molecule has 1 aromatic rings. The fraction of sp³-hybridized carbons (Fsp3) is 0.562. The first-order valence-corrected chi connectivity index (χ1v) is 7.49. The van der Waals surface area contributed by atoms with E-state index in [-0.39, 0.29) is 11.4 Å². The van der Waals surface area contributed by atoms with E-state index >= 15 is 0 Å². The maximum absolute atomic E-state index is 14.1. The number of nitrogens with zero attached hydrogens (tertiary/aromatic N) is 3. The number of hydrogen-bond donors (Lipinski definition) is 0. The van der Waals surface area contributed by atoms with Gasteiger partial charge < -0.3 is 4.74 Å². The van der Waals surface area contributed by atoms with Gasteiger partial charge in [0.05, 0.1) is 18.8 Å². The van der Waals surface area contributed by atoms with Crippen molar-refractivity contribution >= 4 is 0 Å². The van der Waals surface area contributed by atoms with Crippen molar-refractivity contribution in [2.45, 2.75) is 19.0 Å². The van der Waals surface area contributed by atoms with Crippen LogP contribution in [0.5, 0.6) is 0 Å². The Kier molecular flexibility index (Phi) is 4.49. The molecular formula is C16H20FN3O. The molecule has 2 aliphatic heterocycles. The highest BCUT2D eigenvalue weighted by molar-refractivity contribution is 5.34. The van der Waals surface area contributed by atoms with Gasteiger partial charge in [-0.15, -0.1) is 0 Å². The molecule has 0 amide bonds. The van der Waals surface area contributed by atoms with Gasteiger partial charge in [0.15, 0.2) is 0 Å². The topological polar surface area (TPSA) is 39.5 Å². The normalized spacial score (nSPS) is 24.1. The average molecular weight is 289 g/mol. The lowest BCUT2D eigenvalue weighted by molar-refractivity contribution is 0.0183. The second-order valence-corrected chi connectivity index (χ2v) is 5.72. The fourth-order valence-corrected chi connectivity index (χ4v) is 3.23. The Hall–Kier alpha value is -1.48. The van der Waals surface area contributed by atoms with Crippen LogP contribution in [-0.4, -0.2) is 55.2 Å². The maximum Gasteiger partial charge on any atom is 0.145 e. The first-order valence-electron chi connectivity index (χ1n) is 7.49. The number of benzene rings is 1. The van der Waals surface area contributed by atoms with Crippen molar-refractivity contribution in [3.05, 3.63) is 35.1 Å². The van der Waals surface area contributed by atoms with Gasteiger partial charge in [-0.05, 0) is 12.5 Å². The van der Waals surface area contributed by atoms with Crippen LogP contribution in [0.2, 0.25) is 0 Å². The summed E-state index contributed by atoms with van der Waals surface area (Å²) in [4.78, 5) is 4.76. The van der Waals surface area contributed by atoms with Crippen molar-refractivity contribution in [1.82, 2.24) is 9.80 Å². The number of morpholine rings is 1. The van der Waals surface area contributed by atoms with E-state index in [9.17, 15) is 4.39 Å². The molecule has 21 heavy (non-hydrogen) atoms. The third-order valence-electron chi connectivity index (χ3n) is 4.40. The molecule has 112 valence electrons. The number of ether oxygens (including phenoxy) is 1. The van der Waals surface area contributed by atoms with Crippen molar-refractivity contribution < 1.29 is 9.13 Å². The first-order chi connectivity index (χ1) is 10.3. The van der Waals surface area contributed by atoms with Crippen molar-refractivity contribution in [2.24, 2.45) is 0 Å². The van der Waals surface area contributed by atoms with Crippen molar-refractivity contribution in [2.75, 3.05) is 39.4 Å². The number of halogens is 1. The van der Waals surface area contributed by atoms with E-state index in [0.29, 0.717) is 18.2 Å². The summed E-state index contributed by atoms with van der Waals surface area (Å²) >= 11 is 0. The molecule has 2 saturated heterocycles. The van der Waals surface area contributed by atoms with Gasteiger partial charge in [-0.25, -0.2) is 4.39 Å². The zero-order chi connectivity index (χ0) is 14.7. The van der Waals surface area contributed by atoms with Gasteiger partial charge in [0.2, 0.25) is 0 Å². The second kappa shape index (κ2) is 6.52. The molecule has 1 unspecified atom stereocenters. The molecule has 1 atom stereocenters. The molecule has 0 saturated carbocycles. The standard InChI is InChI=1S/C16H20FN3O/c17-16-13(10-18)2-1-3-14(16)11-19-5-4-15(12-19)20-6-8-21-9-7-20/h1-3,15H,4-9,11-12H2. The minimum atomic E-state index is -0.366. The Bertz CT molecular complexity index is 537. The third kappa shape index (κ3) is 3.24. The Morgan fingerprint density at radius 2 is 2.10 bits per heavy atom. The van der Waals surface area contributed by atoms with Crippen LogP contribution >= 0.6 is 0 Å². The van der Waals surface area contributed by atoms with Crippen LogP contribution in [0.25, 0.3) is 0 Å². The predicted octanol–water partition coefficient (Wildman–Crippen LogP) is 1.60. The van der Waals surface area contributed by atoms with E-state index in [2.05, 4.69) is 9.80 Å². The number of rotatable bonds is 3. The summed E-state index contributed by atoms with van der Waals surface area (Å²) in [6, 6.07) is 7.52. The smallest absolute Gasteiger partial charge is 0.145 e. The van der Waals surface area contributed by atoms with Gasteiger partial charge >= 0.3 is 0 Å². The molecule has 0 bridgehead atoms. The molecule has 4 nitrogen and oxygen atoms in total. The minimum Gasteiger partial charge on any atom is -0.379 e. The van der Waals surface area contributed by atoms with Crippen LogP contribution in [0.4, 0.5) is 4.39 Å². The van der Waals surface area contributed by atoms with Crippen LogP contribution in [-0.2, 0) is 11.3 Å². The van der Waals surface area contributed by atoms with Crippen LogP contribution in [0.3, 0.4) is 0 Å². The third-order valence-corrected chi connectivity index (χ3v) is 4.40. The summed E-state index contributed by atoms with van der Waals surface area (Å²) in [5, 5.41) is 8.89. The highest BCUT2D eigenvalue weighted by Gasteiger charge is 2.29. The summed E-state index contributed by atoms with van der Waals surface area (Å²) in [7, 11) is 0. The van der Waals surface area contributed by atoms with Gasteiger partial charge in [0.25, 0.3) is 0 Å². The van der Waals surface area contributed by atoms with E-state index < -0.39 is 0 Å². The summed E-state index contributed by atoms with van der Waals surface area (Å²) in [6.45, 7) is 6.16. The molecule has 2 heterocycles. The molecule has 0 spiro atoms. The SMILES string of the molecule is N#Cc1cccc(CN2CCC(N3CCOCC3)C2)c1F. The lowest BCUT2D eigenvalue weighted by atomic mass is 10.1. The van der Waals surface area contributed by atoms with E-state index in [1.54, 1.807) is 12.1 Å². The molecule has 2 fully saturated rings. The Morgan fingerprint density at radius 1 is 1.29 bits per heavy atom. The van der Waals surface area contributed by atoms with Gasteiger partial charge in [0, 0.05) is 44.3 Å². The average Bonchev–Trinajstić information content (AvgIpc) is 2.99. The number of hydrogen-bond acceptors (Lipinski definition) is 4. The Labute approximate surface area is 124 Å². The Balaban J connectivity index is 1.61. The first kappa shape index (κ1) is 14.5. The lowest BCUT2D eigenvalue weighted by Gasteiger charge is -2.32. The molecule has 3 rings (SSSR count). The van der Waals surface area contributed by atoms with Crippen molar-refractivity contribution in [3.63, 3.8) is 0 Å². The molecule has 0 aliphatic carbocycles. The summed E-state index contributed by atoms with van der Waals surface area (Å²) in [5.41, 5.74) is 0.758. The number of likely N-dealkylation sites (tertiary alicyclic amines) is 1. The largest absolute Gasteiger partial charge is 0.379 e. The van der Waals surface area contributed by atoms with E-state index in [0.717, 1.165) is 45.8 Å². The van der Waals surface area contributed by atoms with Gasteiger partial charge in [-0.1, -0.05) is 12.1 Å². The van der Waals surface area contributed by atoms with Gasteiger partial charge in [-0.3, -0.25) is 9.80 Å². The molecule has 0 aromatic heterocycles. The van der Waals surface area contributed by atoms with E-state index in [1.165, 1.54) is 6.07 Å². The van der Waals surface area contributed by atoms with Crippen LogP contribution in [0, 0.1) is 17.1 Å². The molecule has 5 heteroatoms. The predicted molar refractivity (Wildman–Crippen MR) is 77.2 cm³/mol. The zero-order valence-electron chi connectivity index (χ0n) is 12.1. The monoisotopic (exact) mass is 289 g/mol. The van der Waals surface area contributed by atoms with Gasteiger partial charge in [-0.2, -0.15) is 5.26 Å². The van der Waals surface area contributed by atoms with Crippen molar-refractivity contribution in [3.8, 4) is 6.07 Å². The van der Waals surface area contributed by atoms with Crippen LogP contribution in [0.15, 0.2) is 18.2 Å². The van der Waals surface area contributed by atoms with Crippen LogP contribution in [0.1, 0.15) is 17.5 Å². The summed E-state index contributed by atoms with van der Waals surface area (Å²) in [5.74, 6) is -0.366. The van der Waals surface area contributed by atoms with Crippen molar-refractivity contribution in [1.29, 1.82) is 5.26 Å². The number of nitriles is 1. The Morgan fingerprint density at radius 3 is 2.86 bits per heavy atom. The van der Waals surface area contributed by atoms with Crippen LogP contribution < -0.4 is 0 Å². The minimum absolute atomic E-state index is 0.136. The van der Waals surface area contributed by atoms with E-state index in [1.807, 2.05) is 6.07 Å². The highest BCUT2D eigenvalue weighted by Crippen LogP contribution is 2.21. The highest BCUT2D eigenvalue weighted by atomic mass is 19.1. The van der Waals surface area contributed by atoms with E-state index in [4.69, 9.17) is 10.00 Å². The summed E-state index contributed by atoms with van der Waals surface area (Å²) in [6.07, 6.45) is 1.12. The quantitative estimate of drug-likeness (QED) is 0.847. The maximum atomic E-state index is 14.1. The fourth-order valence-electron chi connectivity index (χ4n) is 3.23. The molecule has 0 N–H and O–H groups in total. The molecule has 2 aliphatic rings. The molecular weight excluding hydrogens is 269 g/mol. The zero-order valence-corrected chi connectivity index (χ0v) is 12.1. The lowest BCUT2D eigenvalue weighted by Crippen LogP contribution is -2.44. The molecule has 1 aromatic carbocycles. The molecule has 0 radical (unpaired) electrons. The van der Waals surface area contributed by atoms with Gasteiger partial charge in [0.1, 0.15) is 11.9 Å². The second-order valence-electron chi connectivity index (χ2n) is 5.72. The summed E-state index contributed by atoms with van der Waals surface area (Å²) < 4.78 is 19.5.